The van der Waals surface area contributed by atoms with E-state index < -0.39 is 59.7 Å². The first-order chi connectivity index (χ1) is 26.6. The van der Waals surface area contributed by atoms with Crippen LogP contribution in [0, 0.1) is 5.92 Å². The molecular formula is C39H44F6N8O3. The van der Waals surface area contributed by atoms with Crippen molar-refractivity contribution in [2.24, 2.45) is 5.92 Å². The Labute approximate surface area is 318 Å². The average molecular weight is 787 g/mol. The molecule has 8 rings (SSSR count). The molecule has 4 aliphatic rings. The van der Waals surface area contributed by atoms with E-state index in [2.05, 4.69) is 26.8 Å². The van der Waals surface area contributed by atoms with Gasteiger partial charge in [-0.05, 0) is 69.3 Å². The predicted octanol–water partition coefficient (Wildman–Crippen LogP) is 5.29. The van der Waals surface area contributed by atoms with Crippen molar-refractivity contribution in [3.05, 3.63) is 69.8 Å². The third kappa shape index (κ3) is 7.12. The van der Waals surface area contributed by atoms with Gasteiger partial charge in [0.05, 0.1) is 45.5 Å². The number of benzene rings is 2. The van der Waals surface area contributed by atoms with Crippen molar-refractivity contribution in [1.82, 2.24) is 34.1 Å². The van der Waals surface area contributed by atoms with Crippen LogP contribution in [0.25, 0.3) is 21.9 Å². The van der Waals surface area contributed by atoms with Crippen LogP contribution in [0.5, 0.6) is 0 Å². The molecule has 3 atom stereocenters. The zero-order chi connectivity index (χ0) is 39.7. The number of rotatable bonds is 7. The van der Waals surface area contributed by atoms with Crippen molar-refractivity contribution in [3.63, 3.8) is 0 Å². The molecule has 0 spiro atoms. The number of likely N-dealkylation sites (tertiary alicyclic amines) is 4. The number of para-hydroxylation sites is 1. The summed E-state index contributed by atoms with van der Waals surface area (Å²) >= 11 is 0. The topological polar surface area (TPSA) is 124 Å². The predicted molar refractivity (Wildman–Crippen MR) is 197 cm³/mol. The van der Waals surface area contributed by atoms with Crippen LogP contribution in [0.2, 0.25) is 0 Å². The average Bonchev–Trinajstić information content (AvgIpc) is 3.85. The first-order valence-corrected chi connectivity index (χ1v) is 19.1. The summed E-state index contributed by atoms with van der Waals surface area (Å²) in [5.74, 6) is -2.12. The molecule has 2 aromatic carbocycles. The molecule has 2 amide bonds. The first kappa shape index (κ1) is 38.2. The van der Waals surface area contributed by atoms with Crippen LogP contribution < -0.4 is 11.4 Å². The number of carbonyl (C=O) groups is 2. The van der Waals surface area contributed by atoms with Gasteiger partial charge >= 0.3 is 18.0 Å². The number of hydrogen-bond donors (Lipinski definition) is 2. The quantitative estimate of drug-likeness (QED) is 0.193. The normalized spacial score (nSPS) is 22.5. The second kappa shape index (κ2) is 14.4. The molecule has 3 unspecified atom stereocenters. The molecule has 4 saturated heterocycles. The first-order valence-electron chi connectivity index (χ1n) is 19.1. The van der Waals surface area contributed by atoms with E-state index in [1.165, 1.54) is 0 Å². The molecule has 0 radical (unpaired) electrons. The molecule has 4 fully saturated rings. The summed E-state index contributed by atoms with van der Waals surface area (Å²) in [6.07, 6.45) is -6.34. The lowest BCUT2D eigenvalue weighted by atomic mass is 9.90. The minimum absolute atomic E-state index is 0.238. The maximum Gasteiger partial charge on any atom is 0.418 e. The largest absolute Gasteiger partial charge is 0.418 e. The van der Waals surface area contributed by atoms with Gasteiger partial charge < -0.3 is 25.4 Å². The zero-order valence-corrected chi connectivity index (χ0v) is 30.9. The highest BCUT2D eigenvalue weighted by Gasteiger charge is 2.45. The Morgan fingerprint density at radius 3 is 2.11 bits per heavy atom. The van der Waals surface area contributed by atoms with Crippen LogP contribution in [0.4, 0.5) is 32.0 Å². The highest BCUT2D eigenvalue weighted by Crippen LogP contribution is 2.43. The zero-order valence-electron chi connectivity index (χ0n) is 30.9. The van der Waals surface area contributed by atoms with Crippen molar-refractivity contribution in [3.8, 4) is 0 Å². The standard InChI is InChI=1S/C39H44F6N8O3/c1-49-20-27-18-26(49)21-52(27)24-6-12-51(13-7-24)36(55)23(14-22-15-29(38(40,41)42)34(46)30(16-22)39(43,44)45)17-33(54)50-10-8-25(9-11-50)53-32-19-47-31-5-3-2-4-28(31)35(32)48-37(53)56/h2-5,15-16,19,23-27H,6-14,17-18,20-21,46H2,1H3,(H,48,56). The van der Waals surface area contributed by atoms with E-state index in [4.69, 9.17) is 5.73 Å². The van der Waals surface area contributed by atoms with Gasteiger partial charge in [-0.2, -0.15) is 26.3 Å². The molecule has 0 aliphatic carbocycles. The smallest absolute Gasteiger partial charge is 0.398 e. The summed E-state index contributed by atoms with van der Waals surface area (Å²) in [6, 6.07) is 9.52. The Bertz CT molecular complexity index is 2170. The number of alkyl halides is 6. The summed E-state index contributed by atoms with van der Waals surface area (Å²) in [7, 11) is 2.12. The van der Waals surface area contributed by atoms with Gasteiger partial charge in [0.25, 0.3) is 0 Å². The molecule has 11 nitrogen and oxygen atoms in total. The van der Waals surface area contributed by atoms with Crippen LogP contribution in [-0.4, -0.2) is 110 Å². The second-order valence-electron chi connectivity index (χ2n) is 15.9. The number of pyridine rings is 1. The number of nitrogens with two attached hydrogens (primary N) is 1. The van der Waals surface area contributed by atoms with Crippen LogP contribution in [0.3, 0.4) is 0 Å². The number of piperidine rings is 2. The maximum atomic E-state index is 14.2. The molecule has 300 valence electrons. The molecule has 56 heavy (non-hydrogen) atoms. The van der Waals surface area contributed by atoms with E-state index >= 15 is 0 Å². The van der Waals surface area contributed by atoms with Crippen LogP contribution in [0.15, 0.2) is 47.4 Å². The number of halogens is 6. The Morgan fingerprint density at radius 1 is 0.875 bits per heavy atom. The number of aromatic amines is 1. The second-order valence-corrected chi connectivity index (χ2v) is 15.9. The van der Waals surface area contributed by atoms with Gasteiger partial charge in [-0.15, -0.1) is 0 Å². The molecule has 17 heteroatoms. The SMILES string of the molecule is CN1CC2CC1CN2C1CCN(C(=O)C(CC(=O)N2CCC(n3c(=O)[nH]c4c5ccccc5ncc43)CC2)Cc2cc(C(F)(F)F)c(N)c(C(F)(F)F)c2)CC1. The lowest BCUT2D eigenvalue weighted by Gasteiger charge is -2.42. The number of nitrogens with one attached hydrogen (secondary N) is 1. The van der Waals surface area contributed by atoms with Gasteiger partial charge in [0.15, 0.2) is 0 Å². The van der Waals surface area contributed by atoms with Gasteiger partial charge in [-0.1, -0.05) is 18.2 Å². The summed E-state index contributed by atoms with van der Waals surface area (Å²) in [5, 5.41) is 0.801. The highest BCUT2D eigenvalue weighted by atomic mass is 19.4. The van der Waals surface area contributed by atoms with Crippen molar-refractivity contribution in [1.29, 1.82) is 0 Å². The van der Waals surface area contributed by atoms with Crippen LogP contribution >= 0.6 is 0 Å². The fourth-order valence-electron chi connectivity index (χ4n) is 9.65. The number of likely N-dealkylation sites (N-methyl/N-ethyl adjacent to an activating group) is 1. The van der Waals surface area contributed by atoms with Crippen molar-refractivity contribution >= 4 is 39.4 Å². The minimum Gasteiger partial charge on any atom is -0.398 e. The summed E-state index contributed by atoms with van der Waals surface area (Å²) in [5.41, 5.74) is 2.05. The van der Waals surface area contributed by atoms with Gasteiger partial charge in [0.1, 0.15) is 0 Å². The third-order valence-corrected chi connectivity index (χ3v) is 12.6. The molecule has 4 aliphatic heterocycles. The number of piperazine rings is 1. The van der Waals surface area contributed by atoms with Gasteiger partial charge in [-0.25, -0.2) is 4.79 Å². The van der Waals surface area contributed by atoms with E-state index in [1.807, 2.05) is 24.3 Å². The van der Waals surface area contributed by atoms with Crippen molar-refractivity contribution in [2.75, 3.05) is 52.0 Å². The van der Waals surface area contributed by atoms with E-state index in [-0.39, 0.29) is 36.4 Å². The highest BCUT2D eigenvalue weighted by molar-refractivity contribution is 6.01. The maximum absolute atomic E-state index is 14.2. The van der Waals surface area contributed by atoms with Crippen molar-refractivity contribution < 1.29 is 35.9 Å². The number of nitrogens with zero attached hydrogens (tertiary/aromatic N) is 6. The number of nitrogen functional groups attached to an aromatic ring is 1. The molecule has 2 aromatic heterocycles. The Kier molecular flexibility index (Phi) is 9.82. The van der Waals surface area contributed by atoms with Gasteiger partial charge in [0.2, 0.25) is 11.8 Å². The van der Waals surface area contributed by atoms with Gasteiger partial charge in [0, 0.05) is 75.2 Å². The number of H-pyrrole nitrogens is 1. The number of anilines is 1. The summed E-state index contributed by atoms with van der Waals surface area (Å²) in [6.45, 7) is 3.16. The molecule has 2 bridgehead atoms. The molecule has 4 aromatic rings. The molecular weight excluding hydrogens is 742 g/mol. The van der Waals surface area contributed by atoms with E-state index in [0.717, 1.165) is 30.4 Å². The van der Waals surface area contributed by atoms with Gasteiger partial charge in [-0.3, -0.25) is 24.0 Å². The fraction of sp³-hybridized carbons (Fsp3) is 0.538. The molecule has 0 saturated carbocycles. The third-order valence-electron chi connectivity index (χ3n) is 12.6. The number of hydrogen-bond acceptors (Lipinski definition) is 7. The number of aromatic nitrogens is 3. The van der Waals surface area contributed by atoms with Crippen LogP contribution in [0.1, 0.15) is 61.3 Å². The van der Waals surface area contributed by atoms with Crippen molar-refractivity contribution in [2.45, 2.75) is 81.5 Å². The van der Waals surface area contributed by atoms with Crippen LogP contribution in [-0.2, 0) is 28.4 Å². The minimum atomic E-state index is -5.18. The monoisotopic (exact) mass is 786 g/mol. The number of fused-ring (bicyclic) bond motifs is 5. The Balaban J connectivity index is 1.00. The number of amides is 2. The molecule has 6 heterocycles. The van der Waals surface area contributed by atoms with E-state index in [1.54, 1.807) is 20.6 Å². The fourth-order valence-corrected chi connectivity index (χ4v) is 9.65. The summed E-state index contributed by atoms with van der Waals surface area (Å²) in [4.78, 5) is 56.8. The Morgan fingerprint density at radius 2 is 1.50 bits per heavy atom. The van der Waals surface area contributed by atoms with E-state index in [0.29, 0.717) is 74.0 Å². The number of carbonyl (C=O) groups excluding carboxylic acids is 2. The summed E-state index contributed by atoms with van der Waals surface area (Å²) < 4.78 is 85.5. The lowest BCUT2D eigenvalue weighted by Crippen LogP contribution is -2.54. The lowest BCUT2D eigenvalue weighted by molar-refractivity contribution is -0.143. The van der Waals surface area contributed by atoms with E-state index in [9.17, 15) is 40.7 Å². The number of imidazole rings is 1. The Hall–Kier alpha value is -4.64. The molecule has 3 N–H and O–H groups in total.